The molecule has 0 aliphatic heterocycles. The molecule has 0 unspecified atom stereocenters. The van der Waals surface area contributed by atoms with Gasteiger partial charge in [0.25, 0.3) is 0 Å². The molecule has 68 valence electrons. The topological polar surface area (TPSA) is 0 Å². The highest BCUT2D eigenvalue weighted by Crippen LogP contribution is 2.27. The third kappa shape index (κ3) is 3.42. The Morgan fingerprint density at radius 2 is 1.75 bits per heavy atom. The highest BCUT2D eigenvalue weighted by Gasteiger charge is 2.30. The molecule has 0 aliphatic carbocycles. The number of halogens is 3. The van der Waals surface area contributed by atoms with Crippen LogP contribution < -0.4 is 0 Å². The molecule has 0 aliphatic rings. The van der Waals surface area contributed by atoms with Crippen molar-refractivity contribution in [2.24, 2.45) is 0 Å². The minimum absolute atomic E-state index is 0.211. The highest BCUT2D eigenvalue weighted by molar-refractivity contribution is 5.27. The van der Waals surface area contributed by atoms with Crippen LogP contribution in [-0.4, -0.2) is 6.18 Å². The highest BCUT2D eigenvalue weighted by atomic mass is 19.4. The second-order valence-electron chi connectivity index (χ2n) is 2.40. The molecule has 0 aromatic carbocycles. The van der Waals surface area contributed by atoms with E-state index in [1.54, 1.807) is 0 Å². The van der Waals surface area contributed by atoms with Gasteiger partial charge in [0.1, 0.15) is 0 Å². The molecule has 0 atom stereocenters. The van der Waals surface area contributed by atoms with Gasteiger partial charge in [0.05, 0.1) is 0 Å². The molecule has 0 heterocycles. The summed E-state index contributed by atoms with van der Waals surface area (Å²) >= 11 is 0. The minimum atomic E-state index is -4.23. The second kappa shape index (κ2) is 4.14. The molecule has 0 bridgehead atoms. The molecule has 3 heteroatoms. The van der Waals surface area contributed by atoms with Gasteiger partial charge in [0.15, 0.2) is 0 Å². The molecule has 0 spiro atoms. The van der Waals surface area contributed by atoms with E-state index in [2.05, 4.69) is 6.58 Å². The van der Waals surface area contributed by atoms with E-state index in [9.17, 15) is 13.2 Å². The van der Waals surface area contributed by atoms with Crippen LogP contribution in [-0.2, 0) is 0 Å². The maximum Gasteiger partial charge on any atom is 0.412 e. The van der Waals surface area contributed by atoms with Gasteiger partial charge in [-0.3, -0.25) is 0 Å². The van der Waals surface area contributed by atoms with E-state index < -0.39 is 11.7 Å². The molecule has 0 nitrogen and oxygen atoms in total. The normalized spacial score (nSPS) is 14.8. The Kier molecular flexibility index (Phi) is 3.80. The van der Waals surface area contributed by atoms with E-state index in [0.717, 1.165) is 6.92 Å². The van der Waals surface area contributed by atoms with Crippen molar-refractivity contribution in [1.82, 2.24) is 0 Å². The first-order valence-electron chi connectivity index (χ1n) is 3.43. The lowest BCUT2D eigenvalue weighted by molar-refractivity contribution is -0.0919. The largest absolute Gasteiger partial charge is 0.412 e. The molecule has 0 radical (unpaired) electrons. The summed E-state index contributed by atoms with van der Waals surface area (Å²) in [5.41, 5.74) is -0.358. The van der Waals surface area contributed by atoms with Crippen LogP contribution in [0.5, 0.6) is 0 Å². The Labute approximate surface area is 70.1 Å². The molecule has 12 heavy (non-hydrogen) atoms. The summed E-state index contributed by atoms with van der Waals surface area (Å²) in [6.07, 6.45) is 0.0726. The Hall–Kier alpha value is -0.990. The minimum Gasteiger partial charge on any atom is -0.166 e. The Balaban J connectivity index is 4.69. The molecule has 0 amide bonds. The first kappa shape index (κ1) is 11.0. The van der Waals surface area contributed by atoms with Crippen molar-refractivity contribution in [2.45, 2.75) is 20.0 Å². The van der Waals surface area contributed by atoms with Crippen LogP contribution in [0.3, 0.4) is 0 Å². The van der Waals surface area contributed by atoms with Crippen LogP contribution in [0, 0.1) is 0 Å². The van der Waals surface area contributed by atoms with Crippen molar-refractivity contribution in [1.29, 1.82) is 0 Å². The lowest BCUT2D eigenvalue weighted by Gasteiger charge is -2.07. The summed E-state index contributed by atoms with van der Waals surface area (Å²) in [7, 11) is 0. The molecule has 0 saturated heterocycles. The van der Waals surface area contributed by atoms with E-state index >= 15 is 0 Å². The fourth-order valence-electron chi connectivity index (χ4n) is 0.561. The SMILES string of the molecule is C=C/C=C\C(C)=C(/C)C(F)(F)F. The van der Waals surface area contributed by atoms with Gasteiger partial charge in [0.2, 0.25) is 0 Å². The Morgan fingerprint density at radius 3 is 2.08 bits per heavy atom. The van der Waals surface area contributed by atoms with E-state index in [1.807, 2.05) is 0 Å². The van der Waals surface area contributed by atoms with Crippen molar-refractivity contribution >= 4 is 0 Å². The Morgan fingerprint density at radius 1 is 1.25 bits per heavy atom. The van der Waals surface area contributed by atoms with Gasteiger partial charge in [-0.2, -0.15) is 13.2 Å². The molecule has 0 rings (SSSR count). The van der Waals surface area contributed by atoms with Crippen molar-refractivity contribution in [3.8, 4) is 0 Å². The van der Waals surface area contributed by atoms with E-state index in [1.165, 1.54) is 25.2 Å². The number of rotatable bonds is 2. The molecule has 0 saturated carbocycles. The maximum absolute atomic E-state index is 12.0. The third-order valence-electron chi connectivity index (χ3n) is 1.50. The monoisotopic (exact) mass is 176 g/mol. The number of hydrogen-bond acceptors (Lipinski definition) is 0. The standard InChI is InChI=1S/C9H11F3/c1-4-5-6-7(2)8(3)9(10,11)12/h4-6H,1H2,2-3H3/b6-5-,8-7+. The average Bonchev–Trinajstić information content (AvgIpc) is 1.97. The first-order chi connectivity index (χ1) is 5.39. The van der Waals surface area contributed by atoms with Crippen LogP contribution in [0.2, 0.25) is 0 Å². The average molecular weight is 176 g/mol. The fourth-order valence-corrected chi connectivity index (χ4v) is 0.561. The first-order valence-corrected chi connectivity index (χ1v) is 3.43. The van der Waals surface area contributed by atoms with Crippen LogP contribution >= 0.6 is 0 Å². The van der Waals surface area contributed by atoms with Crippen molar-refractivity contribution in [2.75, 3.05) is 0 Å². The summed E-state index contributed by atoms with van der Waals surface area (Å²) in [6, 6.07) is 0. The quantitative estimate of drug-likeness (QED) is 0.563. The van der Waals surface area contributed by atoms with Crippen molar-refractivity contribution in [3.05, 3.63) is 36.0 Å². The molecule has 0 N–H and O–H groups in total. The van der Waals surface area contributed by atoms with Crippen molar-refractivity contribution < 1.29 is 13.2 Å². The number of alkyl halides is 3. The van der Waals surface area contributed by atoms with E-state index in [-0.39, 0.29) is 5.57 Å². The van der Waals surface area contributed by atoms with Crippen LogP contribution in [0.1, 0.15) is 13.8 Å². The zero-order valence-corrected chi connectivity index (χ0v) is 7.07. The molecule has 0 aromatic rings. The van der Waals surface area contributed by atoms with Crippen LogP contribution in [0.25, 0.3) is 0 Å². The van der Waals surface area contributed by atoms with E-state index in [4.69, 9.17) is 0 Å². The lowest BCUT2D eigenvalue weighted by Crippen LogP contribution is -2.10. The predicted octanol–water partition coefficient (Wildman–Crippen LogP) is 3.63. The van der Waals surface area contributed by atoms with Gasteiger partial charge in [-0.15, -0.1) is 0 Å². The summed E-state index contributed by atoms with van der Waals surface area (Å²) in [5.74, 6) is 0. The number of hydrogen-bond donors (Lipinski definition) is 0. The summed E-state index contributed by atoms with van der Waals surface area (Å²) in [4.78, 5) is 0. The third-order valence-corrected chi connectivity index (χ3v) is 1.50. The Bertz CT molecular complexity index is 218. The van der Waals surface area contributed by atoms with E-state index in [0.29, 0.717) is 0 Å². The lowest BCUT2D eigenvalue weighted by atomic mass is 10.1. The zero-order chi connectivity index (χ0) is 9.78. The number of allylic oxidation sites excluding steroid dienone is 5. The second-order valence-corrected chi connectivity index (χ2v) is 2.40. The summed E-state index contributed by atoms with van der Waals surface area (Å²) in [6.45, 7) is 5.84. The van der Waals surface area contributed by atoms with Gasteiger partial charge in [0, 0.05) is 5.57 Å². The van der Waals surface area contributed by atoms with Crippen LogP contribution in [0.4, 0.5) is 13.2 Å². The van der Waals surface area contributed by atoms with Gasteiger partial charge < -0.3 is 0 Å². The molecular weight excluding hydrogens is 165 g/mol. The maximum atomic E-state index is 12.0. The summed E-state index contributed by atoms with van der Waals surface area (Å²) in [5, 5.41) is 0. The van der Waals surface area contributed by atoms with Gasteiger partial charge in [-0.05, 0) is 19.4 Å². The molecule has 0 fully saturated rings. The van der Waals surface area contributed by atoms with Crippen molar-refractivity contribution in [3.63, 3.8) is 0 Å². The molecular formula is C9H11F3. The molecule has 0 aromatic heterocycles. The van der Waals surface area contributed by atoms with Gasteiger partial charge >= 0.3 is 6.18 Å². The van der Waals surface area contributed by atoms with Crippen LogP contribution in [0.15, 0.2) is 36.0 Å². The fraction of sp³-hybridized carbons (Fsp3) is 0.333. The van der Waals surface area contributed by atoms with Gasteiger partial charge in [-0.1, -0.05) is 24.8 Å². The zero-order valence-electron chi connectivity index (χ0n) is 7.07. The van der Waals surface area contributed by atoms with Gasteiger partial charge in [-0.25, -0.2) is 0 Å². The predicted molar refractivity (Wildman–Crippen MR) is 43.8 cm³/mol. The summed E-state index contributed by atoms with van der Waals surface area (Å²) < 4.78 is 36.0. The smallest absolute Gasteiger partial charge is 0.166 e.